The quantitative estimate of drug-likeness (QED) is 0.920. The maximum atomic E-state index is 13.9. The highest BCUT2D eigenvalue weighted by Gasteiger charge is 2.29. The van der Waals surface area contributed by atoms with Gasteiger partial charge in [-0.05, 0) is 20.3 Å². The Morgan fingerprint density at radius 3 is 3.00 bits per heavy atom. The van der Waals surface area contributed by atoms with E-state index in [-0.39, 0.29) is 10.6 Å². The van der Waals surface area contributed by atoms with Gasteiger partial charge < -0.3 is 10.2 Å². The number of aromatic nitrogens is 2. The molecule has 0 amide bonds. The van der Waals surface area contributed by atoms with Crippen molar-refractivity contribution in [2.24, 2.45) is 0 Å². The van der Waals surface area contributed by atoms with Crippen molar-refractivity contribution in [1.29, 1.82) is 0 Å². The minimum absolute atomic E-state index is 0.132. The van der Waals surface area contributed by atoms with E-state index in [1.54, 1.807) is 0 Å². The SMILES string of the molecule is CCCNc1ncc(F)c(N2CCSC(C)(C)C2)n1. The van der Waals surface area contributed by atoms with E-state index in [0.717, 1.165) is 31.8 Å². The van der Waals surface area contributed by atoms with E-state index in [1.807, 2.05) is 16.7 Å². The molecule has 106 valence electrons. The Balaban J connectivity index is 2.18. The molecule has 0 aliphatic carbocycles. The molecular formula is C13H21FN4S. The summed E-state index contributed by atoms with van der Waals surface area (Å²) in [5.74, 6) is 1.58. The topological polar surface area (TPSA) is 41.1 Å². The largest absolute Gasteiger partial charge is 0.354 e. The monoisotopic (exact) mass is 284 g/mol. The molecule has 0 unspecified atom stereocenters. The predicted octanol–water partition coefficient (Wildman–Crippen LogP) is 2.77. The summed E-state index contributed by atoms with van der Waals surface area (Å²) in [5, 5.41) is 3.10. The Kier molecular flexibility index (Phi) is 4.50. The van der Waals surface area contributed by atoms with Gasteiger partial charge in [0.25, 0.3) is 0 Å². The number of hydrogen-bond donors (Lipinski definition) is 1. The van der Waals surface area contributed by atoms with Crippen LogP contribution in [0.3, 0.4) is 0 Å². The molecule has 1 aliphatic rings. The van der Waals surface area contributed by atoms with Crippen molar-refractivity contribution < 1.29 is 4.39 Å². The Morgan fingerprint density at radius 2 is 2.32 bits per heavy atom. The van der Waals surface area contributed by atoms with Crippen LogP contribution < -0.4 is 10.2 Å². The fourth-order valence-corrected chi connectivity index (χ4v) is 3.21. The van der Waals surface area contributed by atoms with Crippen LogP contribution in [0.1, 0.15) is 27.2 Å². The van der Waals surface area contributed by atoms with Gasteiger partial charge in [0.05, 0.1) is 6.20 Å². The third-order valence-corrected chi connectivity index (χ3v) is 4.28. The molecule has 1 saturated heterocycles. The van der Waals surface area contributed by atoms with E-state index in [1.165, 1.54) is 6.20 Å². The number of nitrogens with zero attached hydrogens (tertiary/aromatic N) is 3. The lowest BCUT2D eigenvalue weighted by atomic mass is 10.2. The fourth-order valence-electron chi connectivity index (χ4n) is 2.10. The summed E-state index contributed by atoms with van der Waals surface area (Å²) in [6.45, 7) is 8.86. The van der Waals surface area contributed by atoms with Crippen molar-refractivity contribution >= 4 is 23.5 Å². The molecule has 0 spiro atoms. The maximum Gasteiger partial charge on any atom is 0.224 e. The molecule has 6 heteroatoms. The molecule has 19 heavy (non-hydrogen) atoms. The van der Waals surface area contributed by atoms with Crippen molar-refractivity contribution in [2.75, 3.05) is 35.6 Å². The molecule has 2 heterocycles. The summed E-state index contributed by atoms with van der Waals surface area (Å²) < 4.78 is 14.1. The number of thioether (sulfide) groups is 1. The van der Waals surface area contributed by atoms with Crippen LogP contribution >= 0.6 is 11.8 Å². The van der Waals surface area contributed by atoms with Gasteiger partial charge in [-0.2, -0.15) is 16.7 Å². The highest BCUT2D eigenvalue weighted by atomic mass is 32.2. The molecule has 1 aliphatic heterocycles. The first-order valence-corrected chi connectivity index (χ1v) is 7.66. The van der Waals surface area contributed by atoms with Crippen molar-refractivity contribution in [1.82, 2.24) is 9.97 Å². The normalized spacial score (nSPS) is 18.4. The average Bonchev–Trinajstić information content (AvgIpc) is 2.36. The third-order valence-electron chi connectivity index (χ3n) is 2.98. The summed E-state index contributed by atoms with van der Waals surface area (Å²) in [5.41, 5.74) is 0. The molecule has 0 atom stereocenters. The molecule has 1 aromatic heterocycles. The Labute approximate surface area is 118 Å². The van der Waals surface area contributed by atoms with Gasteiger partial charge in [0.1, 0.15) is 0 Å². The summed E-state index contributed by atoms with van der Waals surface area (Å²) >= 11 is 1.92. The first kappa shape index (κ1) is 14.4. The van der Waals surface area contributed by atoms with Crippen molar-refractivity contribution in [3.8, 4) is 0 Å². The van der Waals surface area contributed by atoms with Gasteiger partial charge in [0, 0.05) is 30.1 Å². The van der Waals surface area contributed by atoms with Crippen LogP contribution in [0.2, 0.25) is 0 Å². The number of nitrogens with one attached hydrogen (secondary N) is 1. The smallest absolute Gasteiger partial charge is 0.224 e. The molecule has 1 N–H and O–H groups in total. The van der Waals surface area contributed by atoms with E-state index >= 15 is 0 Å². The van der Waals surface area contributed by atoms with E-state index < -0.39 is 0 Å². The zero-order chi connectivity index (χ0) is 13.9. The van der Waals surface area contributed by atoms with Crippen LogP contribution in [0.4, 0.5) is 16.2 Å². The minimum atomic E-state index is -0.343. The third kappa shape index (κ3) is 3.72. The van der Waals surface area contributed by atoms with Gasteiger partial charge >= 0.3 is 0 Å². The summed E-state index contributed by atoms with van der Waals surface area (Å²) in [6.07, 6.45) is 2.25. The second kappa shape index (κ2) is 5.94. The highest BCUT2D eigenvalue weighted by Crippen LogP contribution is 2.32. The maximum absolute atomic E-state index is 13.9. The van der Waals surface area contributed by atoms with Gasteiger partial charge in [-0.1, -0.05) is 6.92 Å². The lowest BCUT2D eigenvalue weighted by Gasteiger charge is -2.38. The summed E-state index contributed by atoms with van der Waals surface area (Å²) in [6, 6.07) is 0. The molecule has 2 rings (SSSR count). The van der Waals surface area contributed by atoms with Crippen LogP contribution in [0.25, 0.3) is 0 Å². The van der Waals surface area contributed by atoms with Crippen LogP contribution in [-0.4, -0.2) is 40.1 Å². The first-order valence-electron chi connectivity index (χ1n) is 6.67. The highest BCUT2D eigenvalue weighted by molar-refractivity contribution is 8.00. The van der Waals surface area contributed by atoms with Crippen LogP contribution in [-0.2, 0) is 0 Å². The van der Waals surface area contributed by atoms with Crippen LogP contribution in [0, 0.1) is 5.82 Å². The zero-order valence-electron chi connectivity index (χ0n) is 11.7. The van der Waals surface area contributed by atoms with Gasteiger partial charge in [-0.3, -0.25) is 0 Å². The van der Waals surface area contributed by atoms with E-state index in [2.05, 4.69) is 36.1 Å². The number of anilines is 2. The van der Waals surface area contributed by atoms with Crippen LogP contribution in [0.15, 0.2) is 6.20 Å². The van der Waals surface area contributed by atoms with E-state index in [9.17, 15) is 4.39 Å². The van der Waals surface area contributed by atoms with Crippen molar-refractivity contribution in [3.05, 3.63) is 12.0 Å². The molecule has 0 radical (unpaired) electrons. The second-order valence-electron chi connectivity index (χ2n) is 5.32. The van der Waals surface area contributed by atoms with Gasteiger partial charge in [0.2, 0.25) is 5.95 Å². The Bertz CT molecular complexity index is 439. The standard InChI is InChI=1S/C13H21FN4S/c1-4-5-15-12-16-8-10(14)11(17-12)18-6-7-19-13(2,3)9-18/h8H,4-7,9H2,1-3H3,(H,15,16,17). The molecule has 0 bridgehead atoms. The van der Waals surface area contributed by atoms with Gasteiger partial charge in [0.15, 0.2) is 11.6 Å². The number of rotatable bonds is 4. The number of hydrogen-bond acceptors (Lipinski definition) is 5. The molecule has 4 nitrogen and oxygen atoms in total. The van der Waals surface area contributed by atoms with Crippen molar-refractivity contribution in [3.63, 3.8) is 0 Å². The second-order valence-corrected chi connectivity index (χ2v) is 7.12. The predicted molar refractivity (Wildman–Crippen MR) is 79.5 cm³/mol. The zero-order valence-corrected chi connectivity index (χ0v) is 12.6. The van der Waals surface area contributed by atoms with Gasteiger partial charge in [-0.25, -0.2) is 9.37 Å². The van der Waals surface area contributed by atoms with Crippen molar-refractivity contribution in [2.45, 2.75) is 31.9 Å². The Morgan fingerprint density at radius 1 is 1.53 bits per heavy atom. The van der Waals surface area contributed by atoms with E-state index in [4.69, 9.17) is 0 Å². The average molecular weight is 284 g/mol. The minimum Gasteiger partial charge on any atom is -0.354 e. The summed E-state index contributed by atoms with van der Waals surface area (Å²) in [4.78, 5) is 10.3. The lowest BCUT2D eigenvalue weighted by molar-refractivity contribution is 0.583. The Hall–Kier alpha value is -1.04. The molecule has 1 fully saturated rings. The van der Waals surface area contributed by atoms with Gasteiger partial charge in [-0.15, -0.1) is 0 Å². The van der Waals surface area contributed by atoms with E-state index in [0.29, 0.717) is 11.8 Å². The molecular weight excluding hydrogens is 263 g/mol. The lowest BCUT2D eigenvalue weighted by Crippen LogP contribution is -2.44. The molecule has 0 aromatic carbocycles. The van der Waals surface area contributed by atoms with Crippen LogP contribution in [0.5, 0.6) is 0 Å². The summed E-state index contributed by atoms with van der Waals surface area (Å²) in [7, 11) is 0. The molecule has 1 aromatic rings. The number of halogens is 1. The first-order chi connectivity index (χ1) is 9.02. The molecule has 0 saturated carbocycles. The fraction of sp³-hybridized carbons (Fsp3) is 0.692.